The van der Waals surface area contributed by atoms with Crippen LogP contribution in [-0.2, 0) is 23.1 Å². The molecular formula is C24H29N5O3S. The SMILES string of the molecule is O=C(NCCCn1ccnc1)c1cccc(S(=O)(=O)N2CCN(Cc3ccccc3)CC2)c1. The molecule has 8 nitrogen and oxygen atoms in total. The molecule has 2 heterocycles. The Hall–Kier alpha value is -3.01. The van der Waals surface area contributed by atoms with E-state index in [4.69, 9.17) is 0 Å². The van der Waals surface area contributed by atoms with Crippen molar-refractivity contribution in [2.24, 2.45) is 0 Å². The number of sulfonamides is 1. The van der Waals surface area contributed by atoms with Crippen LogP contribution in [0.2, 0.25) is 0 Å². The fraction of sp³-hybridized carbons (Fsp3) is 0.333. The number of aryl methyl sites for hydroxylation is 1. The highest BCUT2D eigenvalue weighted by atomic mass is 32.2. The number of carbonyl (C=O) groups is 1. The van der Waals surface area contributed by atoms with Crippen LogP contribution in [0.3, 0.4) is 0 Å². The Morgan fingerprint density at radius 2 is 1.79 bits per heavy atom. The van der Waals surface area contributed by atoms with E-state index in [9.17, 15) is 13.2 Å². The van der Waals surface area contributed by atoms with E-state index >= 15 is 0 Å². The van der Waals surface area contributed by atoms with E-state index in [1.165, 1.54) is 15.9 Å². The van der Waals surface area contributed by atoms with Crippen LogP contribution >= 0.6 is 0 Å². The molecule has 3 aromatic rings. The summed E-state index contributed by atoms with van der Waals surface area (Å²) in [4.78, 5) is 18.9. The lowest BCUT2D eigenvalue weighted by molar-refractivity contribution is 0.0952. The molecule has 1 saturated heterocycles. The Morgan fingerprint density at radius 3 is 2.52 bits per heavy atom. The van der Waals surface area contributed by atoms with Crippen molar-refractivity contribution in [1.29, 1.82) is 0 Å². The second-order valence-electron chi connectivity index (χ2n) is 8.10. The van der Waals surface area contributed by atoms with Crippen LogP contribution in [-0.4, -0.2) is 65.8 Å². The van der Waals surface area contributed by atoms with Crippen LogP contribution in [0.15, 0.2) is 78.2 Å². The van der Waals surface area contributed by atoms with Gasteiger partial charge in [0.2, 0.25) is 10.0 Å². The molecule has 1 fully saturated rings. The molecule has 33 heavy (non-hydrogen) atoms. The first-order valence-corrected chi connectivity index (χ1v) is 12.6. The average molecular weight is 468 g/mol. The monoisotopic (exact) mass is 467 g/mol. The molecule has 0 bridgehead atoms. The van der Waals surface area contributed by atoms with Gasteiger partial charge in [-0.2, -0.15) is 4.31 Å². The summed E-state index contributed by atoms with van der Waals surface area (Å²) < 4.78 is 29.8. The second-order valence-corrected chi connectivity index (χ2v) is 10.0. The molecule has 174 valence electrons. The van der Waals surface area contributed by atoms with Crippen LogP contribution in [0.1, 0.15) is 22.3 Å². The third kappa shape index (κ3) is 6.07. The van der Waals surface area contributed by atoms with Crippen LogP contribution in [0, 0.1) is 0 Å². The highest BCUT2D eigenvalue weighted by Gasteiger charge is 2.29. The van der Waals surface area contributed by atoms with Crippen molar-refractivity contribution in [3.8, 4) is 0 Å². The van der Waals surface area contributed by atoms with Gasteiger partial charge in [0.05, 0.1) is 11.2 Å². The van der Waals surface area contributed by atoms with E-state index in [0.717, 1.165) is 19.5 Å². The lowest BCUT2D eigenvalue weighted by Crippen LogP contribution is -2.48. The molecule has 4 rings (SSSR count). The lowest BCUT2D eigenvalue weighted by atomic mass is 10.2. The van der Waals surface area contributed by atoms with Crippen LogP contribution in [0.25, 0.3) is 0 Å². The average Bonchev–Trinajstić information content (AvgIpc) is 3.36. The Bertz CT molecular complexity index is 1140. The number of aromatic nitrogens is 2. The Balaban J connectivity index is 1.31. The third-order valence-electron chi connectivity index (χ3n) is 5.75. The molecule has 1 N–H and O–H groups in total. The number of amides is 1. The first-order valence-electron chi connectivity index (χ1n) is 11.1. The molecule has 0 aliphatic carbocycles. The third-order valence-corrected chi connectivity index (χ3v) is 7.65. The molecule has 1 aliphatic heterocycles. The molecule has 2 aromatic carbocycles. The summed E-state index contributed by atoms with van der Waals surface area (Å²) in [6.45, 7) is 4.27. The summed E-state index contributed by atoms with van der Waals surface area (Å²) in [6.07, 6.45) is 6.08. The molecule has 0 saturated carbocycles. The smallest absolute Gasteiger partial charge is 0.251 e. The maximum atomic E-state index is 13.2. The van der Waals surface area contributed by atoms with Crippen molar-refractivity contribution >= 4 is 15.9 Å². The molecule has 0 unspecified atom stereocenters. The van der Waals surface area contributed by atoms with Gasteiger partial charge in [-0.25, -0.2) is 13.4 Å². The predicted octanol–water partition coefficient (Wildman–Crippen LogP) is 2.21. The largest absolute Gasteiger partial charge is 0.352 e. The van der Waals surface area contributed by atoms with Gasteiger partial charge in [0.1, 0.15) is 0 Å². The molecular weight excluding hydrogens is 438 g/mol. The summed E-state index contributed by atoms with van der Waals surface area (Å²) >= 11 is 0. The Kier molecular flexibility index (Phi) is 7.54. The molecule has 9 heteroatoms. The van der Waals surface area contributed by atoms with Crippen molar-refractivity contribution in [1.82, 2.24) is 24.1 Å². The van der Waals surface area contributed by atoms with E-state index in [2.05, 4.69) is 27.3 Å². The van der Waals surface area contributed by atoms with Crippen LogP contribution in [0.5, 0.6) is 0 Å². The summed E-state index contributed by atoms with van der Waals surface area (Å²) in [5, 5.41) is 2.86. The van der Waals surface area contributed by atoms with Gasteiger partial charge < -0.3 is 9.88 Å². The number of rotatable bonds is 9. The van der Waals surface area contributed by atoms with Gasteiger partial charge >= 0.3 is 0 Å². The van der Waals surface area contributed by atoms with Gasteiger partial charge in [-0.05, 0) is 30.2 Å². The predicted molar refractivity (Wildman–Crippen MR) is 126 cm³/mol. The maximum absolute atomic E-state index is 13.2. The summed E-state index contributed by atoms with van der Waals surface area (Å²) in [5.41, 5.74) is 1.57. The second kappa shape index (κ2) is 10.7. The number of hydrogen-bond acceptors (Lipinski definition) is 5. The lowest BCUT2D eigenvalue weighted by Gasteiger charge is -2.34. The summed E-state index contributed by atoms with van der Waals surface area (Å²) in [6, 6.07) is 16.5. The van der Waals surface area contributed by atoms with Crippen molar-refractivity contribution < 1.29 is 13.2 Å². The highest BCUT2D eigenvalue weighted by molar-refractivity contribution is 7.89. The molecule has 0 spiro atoms. The quantitative estimate of drug-likeness (QED) is 0.488. The van der Waals surface area contributed by atoms with Gasteiger partial charge in [-0.3, -0.25) is 9.69 Å². The number of hydrogen-bond donors (Lipinski definition) is 1. The van der Waals surface area contributed by atoms with Crippen LogP contribution in [0.4, 0.5) is 0 Å². The molecule has 1 amide bonds. The molecule has 1 aromatic heterocycles. The van der Waals surface area contributed by atoms with Gasteiger partial charge in [0.25, 0.3) is 5.91 Å². The number of nitrogens with one attached hydrogen (secondary N) is 1. The number of nitrogens with zero attached hydrogens (tertiary/aromatic N) is 4. The minimum atomic E-state index is -3.65. The van der Waals surface area contributed by atoms with Gasteiger partial charge in [0, 0.05) is 63.8 Å². The van der Waals surface area contributed by atoms with Crippen molar-refractivity contribution in [2.45, 2.75) is 24.4 Å². The van der Waals surface area contributed by atoms with Crippen molar-refractivity contribution in [3.63, 3.8) is 0 Å². The molecule has 0 radical (unpaired) electrons. The van der Waals surface area contributed by atoms with Gasteiger partial charge in [-0.15, -0.1) is 0 Å². The fourth-order valence-corrected chi connectivity index (χ4v) is 5.37. The standard InChI is InChI=1S/C24H29N5O3S/c30-24(26-10-5-12-28-13-11-25-20-28)22-8-4-9-23(18-22)33(31,32)29-16-14-27(15-17-29)19-21-6-2-1-3-7-21/h1-4,6-9,11,13,18,20H,5,10,12,14-17,19H2,(H,26,30). The molecule has 1 aliphatic rings. The molecule has 0 atom stereocenters. The first-order chi connectivity index (χ1) is 16.0. The van der Waals surface area contributed by atoms with Crippen molar-refractivity contribution in [3.05, 3.63) is 84.4 Å². The van der Waals surface area contributed by atoms with Crippen molar-refractivity contribution in [2.75, 3.05) is 32.7 Å². The van der Waals surface area contributed by atoms with Crippen LogP contribution < -0.4 is 5.32 Å². The van der Waals surface area contributed by atoms with E-state index in [1.807, 2.05) is 29.0 Å². The fourth-order valence-electron chi connectivity index (χ4n) is 3.90. The number of piperazine rings is 1. The number of benzene rings is 2. The summed E-state index contributed by atoms with van der Waals surface area (Å²) in [7, 11) is -3.65. The van der Waals surface area contributed by atoms with Gasteiger partial charge in [-0.1, -0.05) is 36.4 Å². The van der Waals surface area contributed by atoms with E-state index in [0.29, 0.717) is 38.3 Å². The summed E-state index contributed by atoms with van der Waals surface area (Å²) in [5.74, 6) is -0.273. The topological polar surface area (TPSA) is 87.5 Å². The number of imidazole rings is 1. The van der Waals surface area contributed by atoms with Gasteiger partial charge in [0.15, 0.2) is 0 Å². The zero-order valence-electron chi connectivity index (χ0n) is 18.5. The Labute approximate surface area is 194 Å². The maximum Gasteiger partial charge on any atom is 0.251 e. The van der Waals surface area contributed by atoms with E-state index in [-0.39, 0.29) is 10.8 Å². The van der Waals surface area contributed by atoms with E-state index < -0.39 is 10.0 Å². The first kappa shape index (κ1) is 23.2. The number of carbonyl (C=O) groups excluding carboxylic acids is 1. The zero-order valence-corrected chi connectivity index (χ0v) is 19.3. The minimum absolute atomic E-state index is 0.157. The highest BCUT2D eigenvalue weighted by Crippen LogP contribution is 2.20. The Morgan fingerprint density at radius 1 is 1.00 bits per heavy atom. The zero-order chi connectivity index (χ0) is 23.1. The normalized spacial score (nSPS) is 15.4. The van der Waals surface area contributed by atoms with E-state index in [1.54, 1.807) is 30.7 Å². The minimum Gasteiger partial charge on any atom is -0.352 e.